The predicted molar refractivity (Wildman–Crippen MR) is 69.9 cm³/mol. The third kappa shape index (κ3) is 4.62. The van der Waals surface area contributed by atoms with E-state index in [0.29, 0.717) is 0 Å². The maximum Gasteiger partial charge on any atom is 0.124 e. The topological polar surface area (TPSA) is 12.0 Å². The fourth-order valence-electron chi connectivity index (χ4n) is 1.71. The van der Waals surface area contributed by atoms with E-state index in [4.69, 9.17) is 0 Å². The lowest BCUT2D eigenvalue weighted by Crippen LogP contribution is -2.21. The minimum atomic E-state index is -0.186. The van der Waals surface area contributed by atoms with Crippen molar-refractivity contribution in [3.8, 4) is 0 Å². The Morgan fingerprint density at radius 1 is 1.25 bits per heavy atom. The summed E-state index contributed by atoms with van der Waals surface area (Å²) < 4.78 is 13.9. The van der Waals surface area contributed by atoms with Crippen molar-refractivity contribution < 1.29 is 4.39 Å². The highest BCUT2D eigenvalue weighted by atomic mass is 79.9. The van der Waals surface area contributed by atoms with Gasteiger partial charge in [-0.2, -0.15) is 0 Å². The van der Waals surface area contributed by atoms with Gasteiger partial charge >= 0.3 is 0 Å². The molecule has 0 radical (unpaired) electrons. The van der Waals surface area contributed by atoms with E-state index in [0.717, 1.165) is 29.0 Å². The molecule has 1 N–H and O–H groups in total. The highest BCUT2D eigenvalue weighted by molar-refractivity contribution is 9.10. The Kier molecular flexibility index (Phi) is 5.99. The van der Waals surface area contributed by atoms with Gasteiger partial charge in [0, 0.05) is 11.0 Å². The van der Waals surface area contributed by atoms with Crippen molar-refractivity contribution in [1.82, 2.24) is 5.32 Å². The summed E-state index contributed by atoms with van der Waals surface area (Å²) in [7, 11) is 0. The van der Waals surface area contributed by atoms with Gasteiger partial charge in [0.2, 0.25) is 0 Å². The third-order valence-electron chi connectivity index (χ3n) is 2.84. The number of benzene rings is 1. The van der Waals surface area contributed by atoms with Gasteiger partial charge in [-0.1, -0.05) is 42.6 Å². The zero-order valence-electron chi connectivity index (χ0n) is 9.89. The first-order chi connectivity index (χ1) is 7.65. The molecule has 0 heterocycles. The van der Waals surface area contributed by atoms with Crippen molar-refractivity contribution in [2.75, 3.05) is 6.54 Å². The molecule has 1 aromatic carbocycles. The van der Waals surface area contributed by atoms with Gasteiger partial charge in [-0.3, -0.25) is 0 Å². The van der Waals surface area contributed by atoms with Crippen LogP contribution in [0.15, 0.2) is 22.7 Å². The molecule has 0 fully saturated rings. The second-order valence-electron chi connectivity index (χ2n) is 4.09. The molecule has 3 heteroatoms. The Labute approximate surface area is 106 Å². The maximum atomic E-state index is 13.1. The lowest BCUT2D eigenvalue weighted by Gasteiger charge is -2.13. The molecule has 16 heavy (non-hydrogen) atoms. The van der Waals surface area contributed by atoms with Crippen LogP contribution >= 0.6 is 15.9 Å². The Bertz CT molecular complexity index is 303. The Morgan fingerprint density at radius 2 is 1.94 bits per heavy atom. The number of halogens is 2. The summed E-state index contributed by atoms with van der Waals surface area (Å²) in [6.45, 7) is 6.14. The van der Waals surface area contributed by atoms with Crippen LogP contribution in [0, 0.1) is 11.7 Å². The zero-order chi connectivity index (χ0) is 12.0. The number of hydrogen-bond acceptors (Lipinski definition) is 1. The van der Waals surface area contributed by atoms with Crippen LogP contribution in [-0.4, -0.2) is 6.54 Å². The van der Waals surface area contributed by atoms with E-state index >= 15 is 0 Å². The first kappa shape index (κ1) is 13.7. The van der Waals surface area contributed by atoms with Crippen LogP contribution in [0.25, 0.3) is 0 Å². The van der Waals surface area contributed by atoms with Crippen LogP contribution < -0.4 is 5.32 Å². The maximum absolute atomic E-state index is 13.1. The molecule has 1 aromatic rings. The molecule has 90 valence electrons. The van der Waals surface area contributed by atoms with Crippen LogP contribution in [0.5, 0.6) is 0 Å². The molecule has 0 aromatic heterocycles. The molecule has 0 aliphatic carbocycles. The Balaban J connectivity index is 2.42. The normalized spacial score (nSPS) is 11.1. The molecule has 0 bridgehead atoms. The minimum absolute atomic E-state index is 0.186. The van der Waals surface area contributed by atoms with E-state index in [9.17, 15) is 4.39 Å². The molecule has 0 saturated heterocycles. The molecular formula is C13H19BrFN. The SMILES string of the molecule is CCC(CC)CNCc1cc(F)cc(Br)c1. The van der Waals surface area contributed by atoms with E-state index in [1.807, 2.05) is 6.07 Å². The highest BCUT2D eigenvalue weighted by Crippen LogP contribution is 2.15. The molecule has 0 unspecified atom stereocenters. The zero-order valence-corrected chi connectivity index (χ0v) is 11.5. The first-order valence-electron chi connectivity index (χ1n) is 5.81. The number of hydrogen-bond donors (Lipinski definition) is 1. The predicted octanol–water partition coefficient (Wildman–Crippen LogP) is 4.11. The van der Waals surface area contributed by atoms with Gasteiger partial charge in [-0.05, 0) is 36.2 Å². The summed E-state index contributed by atoms with van der Waals surface area (Å²) in [5.74, 6) is 0.533. The molecule has 0 aliphatic rings. The van der Waals surface area contributed by atoms with E-state index in [-0.39, 0.29) is 5.82 Å². The van der Waals surface area contributed by atoms with Crippen LogP contribution in [0.3, 0.4) is 0 Å². The largest absolute Gasteiger partial charge is 0.312 e. The number of nitrogens with one attached hydrogen (secondary N) is 1. The van der Waals surface area contributed by atoms with E-state index in [1.165, 1.54) is 18.9 Å². The van der Waals surface area contributed by atoms with Crippen molar-refractivity contribution >= 4 is 15.9 Å². The molecule has 1 nitrogen and oxygen atoms in total. The Morgan fingerprint density at radius 3 is 2.50 bits per heavy atom. The van der Waals surface area contributed by atoms with Gasteiger partial charge in [0.05, 0.1) is 0 Å². The van der Waals surface area contributed by atoms with Crippen LogP contribution in [0.4, 0.5) is 4.39 Å². The third-order valence-corrected chi connectivity index (χ3v) is 3.30. The quantitative estimate of drug-likeness (QED) is 0.830. The number of rotatable bonds is 6. The summed E-state index contributed by atoms with van der Waals surface area (Å²) in [6.07, 6.45) is 2.38. The standard InChI is InChI=1S/C13H19BrFN/c1-3-10(4-2)8-16-9-11-5-12(14)7-13(15)6-11/h5-7,10,16H,3-4,8-9H2,1-2H3. The smallest absolute Gasteiger partial charge is 0.124 e. The molecule has 0 spiro atoms. The highest BCUT2D eigenvalue weighted by Gasteiger charge is 2.03. The Hall–Kier alpha value is -0.410. The summed E-state index contributed by atoms with van der Waals surface area (Å²) in [4.78, 5) is 0. The average Bonchev–Trinajstić information content (AvgIpc) is 2.23. The monoisotopic (exact) mass is 287 g/mol. The average molecular weight is 288 g/mol. The van der Waals surface area contributed by atoms with Crippen molar-refractivity contribution in [3.05, 3.63) is 34.1 Å². The fourth-order valence-corrected chi connectivity index (χ4v) is 2.22. The summed E-state index contributed by atoms with van der Waals surface area (Å²) in [5.41, 5.74) is 0.984. The lowest BCUT2D eigenvalue weighted by molar-refractivity contribution is 0.449. The summed E-state index contributed by atoms with van der Waals surface area (Å²) in [6, 6.07) is 5.00. The van der Waals surface area contributed by atoms with Gasteiger partial charge in [-0.25, -0.2) is 4.39 Å². The lowest BCUT2D eigenvalue weighted by atomic mass is 10.0. The second kappa shape index (κ2) is 7.02. The van der Waals surface area contributed by atoms with Crippen LogP contribution in [0.2, 0.25) is 0 Å². The molecule has 1 rings (SSSR count). The minimum Gasteiger partial charge on any atom is -0.312 e. The van der Waals surface area contributed by atoms with Gasteiger partial charge < -0.3 is 5.32 Å². The summed E-state index contributed by atoms with van der Waals surface area (Å²) in [5, 5.41) is 3.37. The molecule has 0 amide bonds. The van der Waals surface area contributed by atoms with E-state index in [1.54, 1.807) is 6.07 Å². The van der Waals surface area contributed by atoms with E-state index < -0.39 is 0 Å². The van der Waals surface area contributed by atoms with Gasteiger partial charge in [0.15, 0.2) is 0 Å². The van der Waals surface area contributed by atoms with Crippen LogP contribution in [0.1, 0.15) is 32.3 Å². The van der Waals surface area contributed by atoms with Crippen molar-refractivity contribution in [1.29, 1.82) is 0 Å². The molecule has 0 saturated carbocycles. The molecule has 0 aliphatic heterocycles. The van der Waals surface area contributed by atoms with E-state index in [2.05, 4.69) is 35.1 Å². The van der Waals surface area contributed by atoms with Crippen molar-refractivity contribution in [2.24, 2.45) is 5.92 Å². The molecular weight excluding hydrogens is 269 g/mol. The van der Waals surface area contributed by atoms with Gasteiger partial charge in [-0.15, -0.1) is 0 Å². The van der Waals surface area contributed by atoms with Crippen molar-refractivity contribution in [2.45, 2.75) is 33.2 Å². The van der Waals surface area contributed by atoms with Gasteiger partial charge in [0.25, 0.3) is 0 Å². The van der Waals surface area contributed by atoms with Crippen LogP contribution in [-0.2, 0) is 6.54 Å². The first-order valence-corrected chi connectivity index (χ1v) is 6.60. The second-order valence-corrected chi connectivity index (χ2v) is 5.01. The summed E-state index contributed by atoms with van der Waals surface area (Å²) >= 11 is 3.29. The fraction of sp³-hybridized carbons (Fsp3) is 0.538. The van der Waals surface area contributed by atoms with Gasteiger partial charge in [0.1, 0.15) is 5.82 Å². The molecule has 0 atom stereocenters. The van der Waals surface area contributed by atoms with Crippen molar-refractivity contribution in [3.63, 3.8) is 0 Å².